The smallest absolute Gasteiger partial charge is 0.131 e. The van der Waals surface area contributed by atoms with Gasteiger partial charge in [-0.05, 0) is 80.3 Å². The lowest BCUT2D eigenvalue weighted by Crippen LogP contribution is -2.27. The van der Waals surface area contributed by atoms with E-state index in [9.17, 15) is 0 Å². The Morgan fingerprint density at radius 1 is 0.788 bits per heavy atom. The van der Waals surface area contributed by atoms with Crippen molar-refractivity contribution in [3.8, 4) is 22.6 Å². The second kappa shape index (κ2) is 12.3. The van der Waals surface area contributed by atoms with Crippen LogP contribution in [0.1, 0.15) is 91.4 Å². The molecule has 0 heterocycles. The average Bonchev–Trinajstić information content (AvgIpc) is 2.84. The molecule has 2 aliphatic carbocycles. The Hall–Kier alpha value is -1.53. The summed E-state index contributed by atoms with van der Waals surface area (Å²) in [5.41, 5.74) is 4.28. The highest BCUT2D eigenvalue weighted by molar-refractivity contribution is 7.67. The van der Waals surface area contributed by atoms with Gasteiger partial charge < -0.3 is 9.47 Å². The first-order valence-electron chi connectivity index (χ1n) is 13.5. The van der Waals surface area contributed by atoms with Crippen molar-refractivity contribution in [3.63, 3.8) is 0 Å². The fourth-order valence-electron chi connectivity index (χ4n) is 5.78. The van der Waals surface area contributed by atoms with Crippen LogP contribution in [-0.4, -0.2) is 24.0 Å². The molecule has 180 valence electrons. The maximum atomic E-state index is 6.37. The van der Waals surface area contributed by atoms with Gasteiger partial charge in [0.1, 0.15) is 11.5 Å². The van der Waals surface area contributed by atoms with Gasteiger partial charge in [-0.1, -0.05) is 83.7 Å². The summed E-state index contributed by atoms with van der Waals surface area (Å²) in [4.78, 5) is 0. The molecule has 3 heteroatoms. The summed E-state index contributed by atoms with van der Waals surface area (Å²) >= 11 is 0. The molecule has 2 fully saturated rings. The summed E-state index contributed by atoms with van der Waals surface area (Å²) in [6, 6.07) is 15.6. The lowest BCUT2D eigenvalue weighted by molar-refractivity contribution is 0.241. The Labute approximate surface area is 203 Å². The maximum absolute atomic E-state index is 6.37. The third-order valence-corrected chi connectivity index (χ3v) is 10.8. The Bertz CT molecular complexity index is 847. The summed E-state index contributed by atoms with van der Waals surface area (Å²) in [7, 11) is -0.206. The van der Waals surface area contributed by atoms with Crippen LogP contribution in [0.25, 0.3) is 11.1 Å². The first-order valence-corrected chi connectivity index (χ1v) is 15.0. The van der Waals surface area contributed by atoms with E-state index < -0.39 is 0 Å². The van der Waals surface area contributed by atoms with Crippen LogP contribution >= 0.6 is 7.92 Å². The second-order valence-electron chi connectivity index (χ2n) is 10.2. The zero-order valence-corrected chi connectivity index (χ0v) is 21.9. The monoisotopic (exact) mass is 466 g/mol. The van der Waals surface area contributed by atoms with Gasteiger partial charge in [0.25, 0.3) is 0 Å². The van der Waals surface area contributed by atoms with Crippen LogP contribution in [0.4, 0.5) is 0 Å². The van der Waals surface area contributed by atoms with Crippen LogP contribution in [0.5, 0.6) is 11.5 Å². The Morgan fingerprint density at radius 2 is 1.39 bits per heavy atom. The van der Waals surface area contributed by atoms with Gasteiger partial charge in [0.15, 0.2) is 0 Å². The lowest BCUT2D eigenvalue weighted by atomic mass is 9.99. The summed E-state index contributed by atoms with van der Waals surface area (Å²) in [5.74, 6) is 1.94. The second-order valence-corrected chi connectivity index (χ2v) is 12.9. The minimum Gasteiger partial charge on any atom is -0.493 e. The molecule has 2 saturated carbocycles. The van der Waals surface area contributed by atoms with Crippen molar-refractivity contribution < 1.29 is 9.47 Å². The Kier molecular flexibility index (Phi) is 9.13. The van der Waals surface area contributed by atoms with Crippen molar-refractivity contribution in [2.75, 3.05) is 6.61 Å². The van der Waals surface area contributed by atoms with E-state index in [2.05, 4.69) is 63.2 Å². The van der Waals surface area contributed by atoms with Crippen LogP contribution in [0.2, 0.25) is 0 Å². The predicted octanol–water partition coefficient (Wildman–Crippen LogP) is 8.70. The molecule has 0 spiro atoms. The van der Waals surface area contributed by atoms with E-state index in [4.69, 9.17) is 9.47 Å². The average molecular weight is 467 g/mol. The minimum absolute atomic E-state index is 0.135. The standard InChI is InChI=1S/C30H43O2P/c1-4-22-31-27-19-13-20-28(32-23(2)3)30(27)26-18-11-12-21-29(26)33(24-14-7-5-8-15-24)25-16-9-6-10-17-25/h11-13,18-21,23-25H,4-10,14-17,22H2,1-3H3. The van der Waals surface area contributed by atoms with Crippen molar-refractivity contribution >= 4 is 13.2 Å². The van der Waals surface area contributed by atoms with Crippen molar-refractivity contribution in [3.05, 3.63) is 42.5 Å². The Balaban J connectivity index is 1.83. The van der Waals surface area contributed by atoms with E-state index in [1.54, 1.807) is 5.30 Å². The SMILES string of the molecule is CCCOc1cccc(OC(C)C)c1-c1ccccc1P(C1CCCCC1)C1CCCCC1. The van der Waals surface area contributed by atoms with Gasteiger partial charge >= 0.3 is 0 Å². The molecule has 0 amide bonds. The van der Waals surface area contributed by atoms with Crippen molar-refractivity contribution in [1.29, 1.82) is 0 Å². The maximum Gasteiger partial charge on any atom is 0.131 e. The molecule has 2 aromatic rings. The highest BCUT2D eigenvalue weighted by Crippen LogP contribution is 2.57. The third-order valence-electron chi connectivity index (χ3n) is 7.20. The van der Waals surface area contributed by atoms with Crippen LogP contribution in [0, 0.1) is 0 Å². The van der Waals surface area contributed by atoms with Crippen LogP contribution < -0.4 is 14.8 Å². The molecule has 0 aliphatic heterocycles. The van der Waals surface area contributed by atoms with E-state index >= 15 is 0 Å². The van der Waals surface area contributed by atoms with Crippen LogP contribution in [-0.2, 0) is 0 Å². The van der Waals surface area contributed by atoms with Gasteiger partial charge in [-0.25, -0.2) is 0 Å². The predicted molar refractivity (Wildman–Crippen MR) is 144 cm³/mol. The lowest BCUT2D eigenvalue weighted by Gasteiger charge is -2.39. The third kappa shape index (κ3) is 6.13. The zero-order chi connectivity index (χ0) is 23.0. The zero-order valence-electron chi connectivity index (χ0n) is 21.0. The van der Waals surface area contributed by atoms with Crippen LogP contribution in [0.3, 0.4) is 0 Å². The van der Waals surface area contributed by atoms with Gasteiger partial charge in [-0.2, -0.15) is 0 Å². The molecular formula is C30H43O2P. The van der Waals surface area contributed by atoms with Crippen LogP contribution in [0.15, 0.2) is 42.5 Å². The van der Waals surface area contributed by atoms with Crippen molar-refractivity contribution in [2.24, 2.45) is 0 Å². The largest absolute Gasteiger partial charge is 0.493 e. The molecule has 2 aliphatic rings. The summed E-state index contributed by atoms with van der Waals surface area (Å²) in [6.07, 6.45) is 15.3. The van der Waals surface area contributed by atoms with Gasteiger partial charge in [0.2, 0.25) is 0 Å². The minimum atomic E-state index is -0.206. The van der Waals surface area contributed by atoms with E-state index in [-0.39, 0.29) is 14.0 Å². The normalized spacial score (nSPS) is 18.1. The molecule has 0 radical (unpaired) electrons. The van der Waals surface area contributed by atoms with Gasteiger partial charge in [0, 0.05) is 0 Å². The number of hydrogen-bond acceptors (Lipinski definition) is 2. The molecule has 0 unspecified atom stereocenters. The highest BCUT2D eigenvalue weighted by Gasteiger charge is 2.34. The van der Waals surface area contributed by atoms with E-state index in [1.807, 2.05) is 0 Å². The fraction of sp³-hybridized carbons (Fsp3) is 0.600. The van der Waals surface area contributed by atoms with E-state index in [1.165, 1.54) is 75.3 Å². The molecule has 0 N–H and O–H groups in total. The molecule has 0 atom stereocenters. The molecule has 0 saturated heterocycles. The number of rotatable bonds is 9. The molecule has 33 heavy (non-hydrogen) atoms. The van der Waals surface area contributed by atoms with E-state index in [0.717, 1.165) is 35.8 Å². The van der Waals surface area contributed by atoms with Gasteiger partial charge in [0.05, 0.1) is 18.3 Å². The van der Waals surface area contributed by atoms with Crippen molar-refractivity contribution in [1.82, 2.24) is 0 Å². The summed E-state index contributed by atoms with van der Waals surface area (Å²) in [6.45, 7) is 7.15. The first kappa shape index (κ1) is 24.6. The highest BCUT2D eigenvalue weighted by atomic mass is 31.1. The molecular weight excluding hydrogens is 423 g/mol. The van der Waals surface area contributed by atoms with Crippen molar-refractivity contribution in [2.45, 2.75) is 109 Å². The molecule has 2 aromatic carbocycles. The topological polar surface area (TPSA) is 18.5 Å². The molecule has 2 nitrogen and oxygen atoms in total. The summed E-state index contributed by atoms with van der Waals surface area (Å²) < 4.78 is 12.7. The van der Waals surface area contributed by atoms with E-state index in [0.29, 0.717) is 0 Å². The number of benzene rings is 2. The fourth-order valence-corrected chi connectivity index (χ4v) is 9.73. The molecule has 0 aromatic heterocycles. The summed E-state index contributed by atoms with van der Waals surface area (Å²) in [5, 5.41) is 1.60. The molecule has 0 bridgehead atoms. The molecule has 4 rings (SSSR count). The van der Waals surface area contributed by atoms with Gasteiger partial charge in [-0.15, -0.1) is 0 Å². The number of hydrogen-bond donors (Lipinski definition) is 0. The first-order chi connectivity index (χ1) is 16.2. The number of ether oxygens (including phenoxy) is 2. The Morgan fingerprint density at radius 3 is 2.00 bits per heavy atom. The quantitative estimate of drug-likeness (QED) is 0.344. The van der Waals surface area contributed by atoms with Gasteiger partial charge in [-0.3, -0.25) is 0 Å².